The number of aryl methyl sites for hydroxylation is 1. The van der Waals surface area contributed by atoms with E-state index in [0.29, 0.717) is 21.2 Å². The Kier molecular flexibility index (Phi) is 7.06. The molecule has 7 nitrogen and oxygen atoms in total. The summed E-state index contributed by atoms with van der Waals surface area (Å²) in [5.41, 5.74) is 1.05. The van der Waals surface area contributed by atoms with Gasteiger partial charge in [0.15, 0.2) is 0 Å². The highest BCUT2D eigenvalue weighted by Gasteiger charge is 2.57. The molecular weight excluding hydrogens is 587 g/mol. The average Bonchev–Trinajstić information content (AvgIpc) is 3.39. The van der Waals surface area contributed by atoms with Crippen molar-refractivity contribution in [2.45, 2.75) is 35.8 Å². The summed E-state index contributed by atoms with van der Waals surface area (Å²) in [7, 11) is 0. The van der Waals surface area contributed by atoms with Crippen molar-refractivity contribution < 1.29 is 27.6 Å². The minimum atomic E-state index is -4.66. The minimum Gasteiger partial charge on any atom is -0.325 e. The first-order valence-electron chi connectivity index (χ1n) is 12.9. The van der Waals surface area contributed by atoms with E-state index in [-0.39, 0.29) is 12.2 Å². The number of carbonyl (C=O) groups excluding carboxylic acids is 3. The molecule has 42 heavy (non-hydrogen) atoms. The molecule has 6 rings (SSSR count). The lowest BCUT2D eigenvalue weighted by molar-refractivity contribution is -0.137. The van der Waals surface area contributed by atoms with E-state index >= 15 is 0 Å². The third-order valence-corrected chi connectivity index (χ3v) is 9.85. The first-order valence-corrected chi connectivity index (χ1v) is 14.6. The lowest BCUT2D eigenvalue weighted by Crippen LogP contribution is -2.33. The molecule has 0 saturated carbocycles. The van der Waals surface area contributed by atoms with E-state index in [4.69, 9.17) is 0 Å². The van der Waals surface area contributed by atoms with Crippen molar-refractivity contribution in [1.29, 1.82) is 0 Å². The smallest absolute Gasteiger partial charge is 0.325 e. The zero-order valence-corrected chi connectivity index (χ0v) is 23.6. The van der Waals surface area contributed by atoms with E-state index in [0.717, 1.165) is 51.8 Å². The second-order valence-corrected chi connectivity index (χ2v) is 12.2. The third-order valence-electron chi connectivity index (χ3n) is 7.24. The van der Waals surface area contributed by atoms with Crippen LogP contribution in [0, 0.1) is 12.8 Å². The van der Waals surface area contributed by atoms with Gasteiger partial charge >= 0.3 is 11.0 Å². The molecule has 4 aromatic rings. The highest BCUT2D eigenvalue weighted by molar-refractivity contribution is 8.00. The maximum atomic E-state index is 13.9. The number of imide groups is 1. The Bertz CT molecular complexity index is 1780. The van der Waals surface area contributed by atoms with Gasteiger partial charge in [0.05, 0.1) is 22.2 Å². The summed E-state index contributed by atoms with van der Waals surface area (Å²) < 4.78 is 41.7. The summed E-state index contributed by atoms with van der Waals surface area (Å²) in [5.74, 6) is -3.42. The average molecular weight is 610 g/mol. The molecule has 3 amide bonds. The number of thiazole rings is 1. The van der Waals surface area contributed by atoms with E-state index in [2.05, 4.69) is 5.32 Å². The fraction of sp³-hybridized carbons (Fsp3) is 0.200. The lowest BCUT2D eigenvalue weighted by Gasteiger charge is -2.30. The van der Waals surface area contributed by atoms with Gasteiger partial charge in [-0.2, -0.15) is 13.2 Å². The van der Waals surface area contributed by atoms with Crippen LogP contribution in [0.25, 0.3) is 0 Å². The Morgan fingerprint density at radius 2 is 1.67 bits per heavy atom. The van der Waals surface area contributed by atoms with Gasteiger partial charge < -0.3 is 5.32 Å². The van der Waals surface area contributed by atoms with Crippen molar-refractivity contribution in [2.24, 2.45) is 5.92 Å². The van der Waals surface area contributed by atoms with Crippen molar-refractivity contribution in [3.05, 3.63) is 110 Å². The zero-order valence-electron chi connectivity index (χ0n) is 21.9. The van der Waals surface area contributed by atoms with Crippen molar-refractivity contribution in [3.8, 4) is 0 Å². The molecule has 3 heterocycles. The van der Waals surface area contributed by atoms with Gasteiger partial charge in [-0.05, 0) is 48.4 Å². The molecule has 0 aliphatic carbocycles. The number of hydrogen-bond donors (Lipinski definition) is 1. The van der Waals surface area contributed by atoms with Crippen LogP contribution < -0.4 is 15.1 Å². The van der Waals surface area contributed by atoms with E-state index < -0.39 is 51.4 Å². The zero-order chi connectivity index (χ0) is 29.8. The van der Waals surface area contributed by atoms with Gasteiger partial charge in [0.1, 0.15) is 11.8 Å². The highest BCUT2D eigenvalue weighted by atomic mass is 32.2. The standard InChI is InChI=1S/C30H22F3N3O4S2/c1-16-7-5-11-19(13-16)34-21(37)15-35-28-25(42-29(35)40)22(17-8-3-2-4-9-17)23-24(41-28)27(39)36(26(23)38)20-12-6-10-18(14-20)30(31,32)33/h2-14,22-24H,15H2,1H3,(H,34,37)/t22-,23?,24?/m1/s1. The van der Waals surface area contributed by atoms with Gasteiger partial charge in [0.25, 0.3) is 0 Å². The predicted octanol–water partition coefficient (Wildman–Crippen LogP) is 5.67. The van der Waals surface area contributed by atoms with Crippen LogP contribution in [0.3, 0.4) is 0 Å². The van der Waals surface area contributed by atoms with Gasteiger partial charge in [0.2, 0.25) is 17.7 Å². The third kappa shape index (κ3) is 4.94. The largest absolute Gasteiger partial charge is 0.416 e. The van der Waals surface area contributed by atoms with Crippen LogP contribution in [0.15, 0.2) is 88.7 Å². The van der Waals surface area contributed by atoms with Gasteiger partial charge in [-0.25, -0.2) is 4.90 Å². The molecule has 214 valence electrons. The van der Waals surface area contributed by atoms with E-state index in [9.17, 15) is 32.3 Å². The van der Waals surface area contributed by atoms with Crippen LogP contribution in [0.5, 0.6) is 0 Å². The summed E-state index contributed by atoms with van der Waals surface area (Å²) in [6.07, 6.45) is -4.66. The Labute approximate surface area is 246 Å². The fourth-order valence-electron chi connectivity index (χ4n) is 5.42. The first-order chi connectivity index (χ1) is 20.0. The molecule has 3 atom stereocenters. The van der Waals surface area contributed by atoms with Gasteiger partial charge in [-0.3, -0.25) is 23.7 Å². The minimum absolute atomic E-state index is 0.167. The van der Waals surface area contributed by atoms with Gasteiger partial charge in [0, 0.05) is 16.5 Å². The summed E-state index contributed by atoms with van der Waals surface area (Å²) in [6, 6.07) is 20.2. The molecule has 1 aromatic heterocycles. The molecule has 1 fully saturated rings. The quantitative estimate of drug-likeness (QED) is 0.295. The molecule has 12 heteroatoms. The topological polar surface area (TPSA) is 88.5 Å². The number of nitrogens with zero attached hydrogens (tertiary/aromatic N) is 2. The fourth-order valence-corrected chi connectivity index (χ4v) is 8.19. The van der Waals surface area contributed by atoms with Crippen molar-refractivity contribution in [2.75, 3.05) is 10.2 Å². The Morgan fingerprint density at radius 3 is 2.38 bits per heavy atom. The number of hydrogen-bond acceptors (Lipinski definition) is 6. The second-order valence-electron chi connectivity index (χ2n) is 10.1. The van der Waals surface area contributed by atoms with Gasteiger partial charge in [-0.1, -0.05) is 71.6 Å². The number of rotatable bonds is 5. The summed E-state index contributed by atoms with van der Waals surface area (Å²) in [4.78, 5) is 54.8. The molecule has 1 N–H and O–H groups in total. The number of fused-ring (bicyclic) bond motifs is 2. The number of carbonyl (C=O) groups is 3. The lowest BCUT2D eigenvalue weighted by atomic mass is 9.83. The van der Waals surface area contributed by atoms with E-state index in [1.165, 1.54) is 10.6 Å². The number of nitrogens with one attached hydrogen (secondary N) is 1. The van der Waals surface area contributed by atoms with E-state index in [1.807, 2.05) is 13.0 Å². The van der Waals surface area contributed by atoms with Crippen LogP contribution in [0.4, 0.5) is 24.5 Å². The van der Waals surface area contributed by atoms with Crippen LogP contribution in [0.1, 0.15) is 27.5 Å². The van der Waals surface area contributed by atoms with E-state index in [1.54, 1.807) is 48.5 Å². The van der Waals surface area contributed by atoms with Crippen LogP contribution in [-0.4, -0.2) is 27.5 Å². The molecule has 2 aliphatic rings. The van der Waals surface area contributed by atoms with Crippen molar-refractivity contribution in [1.82, 2.24) is 4.57 Å². The van der Waals surface area contributed by atoms with Crippen LogP contribution >= 0.6 is 23.1 Å². The molecule has 0 bridgehead atoms. The number of aromatic nitrogens is 1. The SMILES string of the molecule is Cc1cccc(NC(=O)Cn2c3c(sc2=O)[C@H](c2ccccc2)C2C(=O)N(c4cccc(C(F)(F)F)c4)C(=O)C2S3)c1. The molecular formula is C30H22F3N3O4S2. The Balaban J connectivity index is 1.40. The van der Waals surface area contributed by atoms with Crippen LogP contribution in [-0.2, 0) is 27.1 Å². The number of alkyl halides is 3. The molecule has 2 unspecified atom stereocenters. The van der Waals surface area contributed by atoms with Crippen molar-refractivity contribution in [3.63, 3.8) is 0 Å². The number of amides is 3. The highest BCUT2D eigenvalue weighted by Crippen LogP contribution is 2.54. The predicted molar refractivity (Wildman–Crippen MR) is 154 cm³/mol. The van der Waals surface area contributed by atoms with Crippen LogP contribution in [0.2, 0.25) is 0 Å². The first kappa shape index (κ1) is 28.0. The second kappa shape index (κ2) is 10.6. The number of benzene rings is 3. The normalized spacial score (nSPS) is 19.9. The Hall–Kier alpha value is -4.16. The monoisotopic (exact) mass is 609 g/mol. The summed E-state index contributed by atoms with van der Waals surface area (Å²) >= 11 is 1.90. The maximum absolute atomic E-state index is 13.9. The number of thioether (sulfide) groups is 1. The molecule has 3 aromatic carbocycles. The van der Waals surface area contributed by atoms with Gasteiger partial charge in [-0.15, -0.1) is 0 Å². The number of halogens is 3. The summed E-state index contributed by atoms with van der Waals surface area (Å²) in [6.45, 7) is 1.57. The molecule has 0 radical (unpaired) electrons. The molecule has 1 saturated heterocycles. The van der Waals surface area contributed by atoms with Crippen molar-refractivity contribution >= 4 is 52.2 Å². The molecule has 0 spiro atoms. The molecule has 2 aliphatic heterocycles. The maximum Gasteiger partial charge on any atom is 0.416 e. The Morgan fingerprint density at radius 1 is 0.929 bits per heavy atom. The number of anilines is 2. The summed E-state index contributed by atoms with van der Waals surface area (Å²) in [5, 5.41) is 2.17.